The molecular formula is C12H24N2O2. The molecule has 94 valence electrons. The summed E-state index contributed by atoms with van der Waals surface area (Å²) in [6.07, 6.45) is 3.39. The molecule has 4 heteroatoms. The highest BCUT2D eigenvalue weighted by molar-refractivity contribution is 5.75. The van der Waals surface area contributed by atoms with Crippen molar-refractivity contribution in [1.29, 1.82) is 0 Å². The zero-order valence-corrected chi connectivity index (χ0v) is 10.7. The van der Waals surface area contributed by atoms with Gasteiger partial charge in [0.05, 0.1) is 7.11 Å². The highest BCUT2D eigenvalue weighted by Crippen LogP contribution is 2.11. The van der Waals surface area contributed by atoms with E-state index in [1.54, 1.807) is 0 Å². The summed E-state index contributed by atoms with van der Waals surface area (Å²) in [5, 5.41) is 3.28. The average Bonchev–Trinajstić information content (AvgIpc) is 2.82. The number of methoxy groups -OCH3 is 1. The van der Waals surface area contributed by atoms with Gasteiger partial charge in [-0.25, -0.2) is 0 Å². The Morgan fingerprint density at radius 1 is 1.44 bits per heavy atom. The Morgan fingerprint density at radius 2 is 2.06 bits per heavy atom. The Morgan fingerprint density at radius 3 is 2.56 bits per heavy atom. The molecule has 0 aliphatic carbocycles. The number of hydrogen-bond donors (Lipinski definition) is 1. The topological polar surface area (TPSA) is 41.6 Å². The maximum Gasteiger partial charge on any atom is 0.322 e. The first-order valence-electron chi connectivity index (χ1n) is 6.24. The predicted molar refractivity (Wildman–Crippen MR) is 64.4 cm³/mol. The standard InChI is InChI=1S/C12H24N2O2/c1-4-11(12(15)16-3)13-9-10(2)14-7-5-6-8-14/h10-11,13H,4-9H2,1-3H3. The van der Waals surface area contributed by atoms with Crippen LogP contribution in [-0.2, 0) is 9.53 Å². The van der Waals surface area contributed by atoms with Gasteiger partial charge in [0.2, 0.25) is 0 Å². The van der Waals surface area contributed by atoms with Crippen molar-refractivity contribution in [2.24, 2.45) is 0 Å². The van der Waals surface area contributed by atoms with Crippen molar-refractivity contribution in [2.45, 2.75) is 45.2 Å². The maximum atomic E-state index is 11.4. The van der Waals surface area contributed by atoms with Crippen molar-refractivity contribution in [3.8, 4) is 0 Å². The van der Waals surface area contributed by atoms with E-state index in [0.717, 1.165) is 13.0 Å². The maximum absolute atomic E-state index is 11.4. The quantitative estimate of drug-likeness (QED) is 0.689. The summed E-state index contributed by atoms with van der Waals surface area (Å²) in [5.41, 5.74) is 0. The number of esters is 1. The second-order valence-corrected chi connectivity index (χ2v) is 4.48. The van der Waals surface area contributed by atoms with Gasteiger partial charge in [0.15, 0.2) is 0 Å². The lowest BCUT2D eigenvalue weighted by atomic mass is 10.2. The second-order valence-electron chi connectivity index (χ2n) is 4.48. The first kappa shape index (κ1) is 13.5. The Bertz CT molecular complexity index is 215. The Hall–Kier alpha value is -0.610. The van der Waals surface area contributed by atoms with E-state index < -0.39 is 0 Å². The van der Waals surface area contributed by atoms with Crippen molar-refractivity contribution < 1.29 is 9.53 Å². The summed E-state index contributed by atoms with van der Waals surface area (Å²) in [7, 11) is 1.44. The van der Waals surface area contributed by atoms with E-state index in [-0.39, 0.29) is 12.0 Å². The molecule has 1 fully saturated rings. The molecule has 1 aliphatic rings. The van der Waals surface area contributed by atoms with Gasteiger partial charge < -0.3 is 10.1 Å². The molecule has 1 aliphatic heterocycles. The molecule has 2 atom stereocenters. The summed E-state index contributed by atoms with van der Waals surface area (Å²) in [6.45, 7) is 7.45. The predicted octanol–water partition coefficient (Wildman–Crippen LogP) is 1.01. The SMILES string of the molecule is CCC(NCC(C)N1CCCC1)C(=O)OC. The highest BCUT2D eigenvalue weighted by Gasteiger charge is 2.21. The van der Waals surface area contributed by atoms with Gasteiger partial charge in [0.1, 0.15) is 6.04 Å². The van der Waals surface area contributed by atoms with E-state index in [9.17, 15) is 4.79 Å². The average molecular weight is 228 g/mol. The van der Waals surface area contributed by atoms with Crippen LogP contribution >= 0.6 is 0 Å². The van der Waals surface area contributed by atoms with E-state index in [1.807, 2.05) is 6.92 Å². The van der Waals surface area contributed by atoms with Crippen molar-refractivity contribution in [3.05, 3.63) is 0 Å². The Labute approximate surface area is 98.3 Å². The lowest BCUT2D eigenvalue weighted by Gasteiger charge is -2.25. The first-order chi connectivity index (χ1) is 7.69. The fraction of sp³-hybridized carbons (Fsp3) is 0.917. The molecule has 0 spiro atoms. The molecule has 1 N–H and O–H groups in total. The van der Waals surface area contributed by atoms with E-state index >= 15 is 0 Å². The molecule has 0 radical (unpaired) electrons. The fourth-order valence-electron chi connectivity index (χ4n) is 2.16. The van der Waals surface area contributed by atoms with Crippen LogP contribution < -0.4 is 5.32 Å². The molecule has 2 unspecified atom stereocenters. The molecule has 16 heavy (non-hydrogen) atoms. The van der Waals surface area contributed by atoms with Crippen LogP contribution in [0, 0.1) is 0 Å². The third kappa shape index (κ3) is 3.76. The van der Waals surface area contributed by atoms with Gasteiger partial charge in [-0.1, -0.05) is 6.92 Å². The normalized spacial score (nSPS) is 20.7. The third-order valence-corrected chi connectivity index (χ3v) is 3.32. The third-order valence-electron chi connectivity index (χ3n) is 3.32. The van der Waals surface area contributed by atoms with Gasteiger partial charge in [-0.05, 0) is 39.3 Å². The number of ether oxygens (including phenoxy) is 1. The monoisotopic (exact) mass is 228 g/mol. The highest BCUT2D eigenvalue weighted by atomic mass is 16.5. The van der Waals surface area contributed by atoms with Crippen LogP contribution in [-0.4, -0.2) is 49.7 Å². The van der Waals surface area contributed by atoms with Crippen molar-refractivity contribution in [3.63, 3.8) is 0 Å². The summed E-state index contributed by atoms with van der Waals surface area (Å²) < 4.78 is 4.75. The molecule has 0 aromatic heterocycles. The molecule has 0 bridgehead atoms. The van der Waals surface area contributed by atoms with Crippen LogP contribution in [0.2, 0.25) is 0 Å². The summed E-state index contributed by atoms with van der Waals surface area (Å²) in [4.78, 5) is 13.8. The Kier molecular flexibility index (Phi) is 5.77. The molecular weight excluding hydrogens is 204 g/mol. The van der Waals surface area contributed by atoms with Crippen molar-refractivity contribution >= 4 is 5.97 Å². The second kappa shape index (κ2) is 6.86. The van der Waals surface area contributed by atoms with E-state index in [1.165, 1.54) is 33.0 Å². The summed E-state index contributed by atoms with van der Waals surface area (Å²) >= 11 is 0. The number of nitrogens with zero attached hydrogens (tertiary/aromatic N) is 1. The zero-order chi connectivity index (χ0) is 12.0. The van der Waals surface area contributed by atoms with Crippen molar-refractivity contribution in [2.75, 3.05) is 26.7 Å². The van der Waals surface area contributed by atoms with Crippen LogP contribution in [0.1, 0.15) is 33.1 Å². The molecule has 1 heterocycles. The van der Waals surface area contributed by atoms with Crippen LogP contribution in [0.4, 0.5) is 0 Å². The van der Waals surface area contributed by atoms with E-state index in [2.05, 4.69) is 17.1 Å². The molecule has 0 amide bonds. The lowest BCUT2D eigenvalue weighted by Crippen LogP contribution is -2.45. The van der Waals surface area contributed by atoms with Crippen molar-refractivity contribution in [1.82, 2.24) is 10.2 Å². The van der Waals surface area contributed by atoms with Gasteiger partial charge in [-0.3, -0.25) is 9.69 Å². The minimum Gasteiger partial charge on any atom is -0.468 e. The van der Waals surface area contributed by atoms with Gasteiger partial charge in [-0.2, -0.15) is 0 Å². The van der Waals surface area contributed by atoms with Crippen LogP contribution in [0.3, 0.4) is 0 Å². The number of carbonyl (C=O) groups is 1. The largest absolute Gasteiger partial charge is 0.468 e. The van der Waals surface area contributed by atoms with Gasteiger partial charge >= 0.3 is 5.97 Å². The molecule has 0 saturated carbocycles. The van der Waals surface area contributed by atoms with Crippen LogP contribution in [0.5, 0.6) is 0 Å². The molecule has 4 nitrogen and oxygen atoms in total. The van der Waals surface area contributed by atoms with Gasteiger partial charge in [0.25, 0.3) is 0 Å². The van der Waals surface area contributed by atoms with E-state index in [0.29, 0.717) is 6.04 Å². The minimum atomic E-state index is -0.157. The van der Waals surface area contributed by atoms with Gasteiger partial charge in [-0.15, -0.1) is 0 Å². The molecule has 1 rings (SSSR count). The number of rotatable bonds is 6. The first-order valence-corrected chi connectivity index (χ1v) is 6.24. The molecule has 0 aromatic rings. The van der Waals surface area contributed by atoms with Crippen LogP contribution in [0.25, 0.3) is 0 Å². The van der Waals surface area contributed by atoms with Gasteiger partial charge in [0, 0.05) is 12.6 Å². The number of carbonyl (C=O) groups excluding carboxylic acids is 1. The summed E-state index contributed by atoms with van der Waals surface area (Å²) in [5.74, 6) is -0.156. The fourth-order valence-corrected chi connectivity index (χ4v) is 2.16. The smallest absolute Gasteiger partial charge is 0.322 e. The van der Waals surface area contributed by atoms with Crippen LogP contribution in [0.15, 0.2) is 0 Å². The van der Waals surface area contributed by atoms with E-state index in [4.69, 9.17) is 4.74 Å². The molecule has 0 aromatic carbocycles. The number of hydrogen-bond acceptors (Lipinski definition) is 4. The lowest BCUT2D eigenvalue weighted by molar-refractivity contribution is -0.143. The Balaban J connectivity index is 2.28. The summed E-state index contributed by atoms with van der Waals surface area (Å²) in [6, 6.07) is 0.344. The number of nitrogens with one attached hydrogen (secondary N) is 1. The molecule has 1 saturated heterocycles. The minimum absolute atomic E-state index is 0.156. The zero-order valence-electron chi connectivity index (χ0n) is 10.7. The number of likely N-dealkylation sites (tertiary alicyclic amines) is 1.